The first-order valence-electron chi connectivity index (χ1n) is 31.9. The molecule has 47 heteroatoms. The predicted molar refractivity (Wildman–Crippen MR) is 411 cm³/mol. The number of carbonyl (C=O) groups excluding carboxylic acids is 14. The molecule has 1 aliphatic rings. The standard InChI is InChI=1S/C23H41N4O10.C21H30IN3O10.5C2H5NO.5Ga.4HI.H/c1-18(22(33)25-7-13-36-16-10-29)2-4-21(32)27-19(23(34)26-8-14-37-17-11-30)3-5-20(31)24-6-12-35-15-9-28;1-14-15(21(32)35-20(14)31)2-4-18(29)24-16(19(30)25(7-9-26)8-12-34-22)3-5-17(28)23-6-11-33-13-10-27;5*1-2(3)4;;;;;;;;;;/h18-19H,2-17H2,1H3,(H,24,31)(H,25,33)(H,26,34)(H,27,32);16H,2-13H2,1H3,(H,23,28)(H,24,29);5*1H3,(H2,3,4);;;;;;4*1H;/q-3;-2;;;;;;+2;4*+3;;;;;/p-9. The Morgan fingerprint density at radius 1 is 0.465 bits per heavy atom. The van der Waals surface area contributed by atoms with Gasteiger partial charge in [-0.05, 0) is 6.92 Å². The van der Waals surface area contributed by atoms with Crippen molar-refractivity contribution < 1.29 is 112 Å². The first kappa shape index (κ1) is 100.0. The molecule has 37 nitrogen and oxygen atoms in total. The fourth-order valence-electron chi connectivity index (χ4n) is 7.76. The molecule has 12 amide bonds. The van der Waals surface area contributed by atoms with Crippen LogP contribution < -0.4 is 52.0 Å². The van der Waals surface area contributed by atoms with E-state index in [4.69, 9.17) is 39.7 Å². The molecular formula is C54H92Ga5I5N12O25. The molecule has 0 aromatic carbocycles. The van der Waals surface area contributed by atoms with Crippen LogP contribution in [0.5, 0.6) is 0 Å². The van der Waals surface area contributed by atoms with Gasteiger partial charge < -0.3 is 4.74 Å². The summed E-state index contributed by atoms with van der Waals surface area (Å²) in [6.45, 7) is 15.2. The average Bonchev–Trinajstić information content (AvgIpc) is 1.72. The van der Waals surface area contributed by atoms with E-state index in [1.807, 2.05) is 0 Å². The second-order valence-electron chi connectivity index (χ2n) is 21.2. The molecular weight excluding hydrogens is 2200 g/mol. The number of hydrogen-bond donors (Lipinski definition) is 11. The summed E-state index contributed by atoms with van der Waals surface area (Å²) in [4.78, 5) is 170. The van der Waals surface area contributed by atoms with E-state index in [0.29, 0.717) is 46.2 Å². The second-order valence-corrected chi connectivity index (χ2v) is 58.1. The predicted octanol–water partition coefficient (Wildman–Crippen LogP) is -2.46. The van der Waals surface area contributed by atoms with Gasteiger partial charge in [-0.1, -0.05) is 0 Å². The zero-order valence-electron chi connectivity index (χ0n) is 57.6. The van der Waals surface area contributed by atoms with Crippen LogP contribution in [0.1, 0.15) is 99.8 Å². The molecule has 0 aromatic rings. The van der Waals surface area contributed by atoms with E-state index in [2.05, 4.69) is 135 Å². The summed E-state index contributed by atoms with van der Waals surface area (Å²) in [6.07, 6.45) is -0.164. The molecule has 3 atom stereocenters. The van der Waals surface area contributed by atoms with Gasteiger partial charge in [0.25, 0.3) is 0 Å². The van der Waals surface area contributed by atoms with Crippen LogP contribution in [0.25, 0.3) is 0 Å². The molecule has 101 heavy (non-hydrogen) atoms. The van der Waals surface area contributed by atoms with E-state index in [0.717, 1.165) is 0 Å². The Bertz CT molecular complexity index is 2630. The van der Waals surface area contributed by atoms with Crippen LogP contribution in [-0.2, 0) is 112 Å². The zero-order chi connectivity index (χ0) is 75.9. The number of halogens is 5. The Morgan fingerprint density at radius 3 is 1.26 bits per heavy atom. The van der Waals surface area contributed by atoms with Gasteiger partial charge in [0, 0.05) is 0 Å². The van der Waals surface area contributed by atoms with Gasteiger partial charge in [-0.15, -0.1) is 0 Å². The summed E-state index contributed by atoms with van der Waals surface area (Å²) >= 11 is -0.789. The van der Waals surface area contributed by atoms with Crippen molar-refractivity contribution in [3.8, 4) is 0 Å². The summed E-state index contributed by atoms with van der Waals surface area (Å²) in [7, 11) is 0. The van der Waals surface area contributed by atoms with Crippen LogP contribution in [0.15, 0.2) is 11.1 Å². The van der Waals surface area contributed by atoms with Gasteiger partial charge in [-0.2, -0.15) is 0 Å². The van der Waals surface area contributed by atoms with Crippen LogP contribution in [0.2, 0.25) is 0 Å². The van der Waals surface area contributed by atoms with Crippen molar-refractivity contribution in [2.75, 3.05) is 132 Å². The van der Waals surface area contributed by atoms with Gasteiger partial charge in [0.05, 0.1) is 0 Å². The van der Waals surface area contributed by atoms with E-state index in [1.54, 1.807) is 29.9 Å². The number of carbonyl (C=O) groups is 14. The third-order valence-electron chi connectivity index (χ3n) is 12.8. The van der Waals surface area contributed by atoms with Crippen molar-refractivity contribution in [1.29, 1.82) is 0 Å². The third kappa shape index (κ3) is 57.7. The van der Waals surface area contributed by atoms with Crippen LogP contribution in [0.4, 0.5) is 0 Å². The molecule has 0 radical (unpaired) electrons. The number of cyclic esters (lactones) is 2. The number of amides is 12. The van der Waals surface area contributed by atoms with Gasteiger partial charge in [0.2, 0.25) is 0 Å². The van der Waals surface area contributed by atoms with Crippen LogP contribution >= 0.6 is 102 Å². The molecule has 0 aromatic heterocycles. The maximum absolute atomic E-state index is 13.6. The molecule has 1 aliphatic heterocycles. The number of nitrogens with one attached hydrogen (secondary N) is 11. The summed E-state index contributed by atoms with van der Waals surface area (Å²) in [5.74, 6) is -5.64. The number of nitrogens with zero attached hydrogens (tertiary/aromatic N) is 1. The quantitative estimate of drug-likeness (QED) is 0.00989. The summed E-state index contributed by atoms with van der Waals surface area (Å²) in [5.41, 5.74) is 0.234. The van der Waals surface area contributed by atoms with Gasteiger partial charge in [-0.25, -0.2) is 9.59 Å². The van der Waals surface area contributed by atoms with E-state index < -0.39 is 125 Å². The number of rotatable bonds is 57. The SMILES string of the molecule is CC(=O)[NH][GaH][O]CCN(CCOI)C(=O)C(CCC(=O)NCCOCC[O][Ga]([I])[NH]C(C)=O)NC(=O)CCC1=C(C)C(=O)OC1=O.CC(=O)[NH][Ga]([I])[O]CCOCCNC(=O)CCC(NC(=O)CCC(C)C(=O)NCCOCC[O][Ga]([I])[NH]C(C)=O)C(=O)NCCOCC[O][Ga]([I])[NH]C(C)=O. The van der Waals surface area contributed by atoms with E-state index in [1.165, 1.54) is 46.4 Å². The topological polar surface area (TPSA) is 476 Å². The van der Waals surface area contributed by atoms with Crippen molar-refractivity contribution in [2.45, 2.75) is 112 Å². The molecule has 11 N–H and O–H groups in total. The first-order chi connectivity index (χ1) is 47.9. The van der Waals surface area contributed by atoms with Gasteiger partial charge in [0.15, 0.2) is 0 Å². The molecule has 0 saturated heterocycles. The Hall–Kier alpha value is -1.05. The molecule has 568 valence electrons. The Balaban J connectivity index is 0.00000201. The fraction of sp³-hybridized carbons (Fsp3) is 0.704. The summed E-state index contributed by atoms with van der Waals surface area (Å²) in [6, 6.07) is -2.09. The van der Waals surface area contributed by atoms with Crippen LogP contribution in [0, 0.1) is 5.92 Å². The molecule has 0 fully saturated rings. The normalized spacial score (nSPS) is 12.3. The molecule has 3 unspecified atom stereocenters. The molecule has 0 saturated carbocycles. The Labute approximate surface area is 676 Å². The molecule has 0 aliphatic carbocycles. The Morgan fingerprint density at radius 2 is 0.851 bits per heavy atom. The fourth-order valence-corrected chi connectivity index (χ4v) is 29.5. The van der Waals surface area contributed by atoms with Crippen LogP contribution in [0.3, 0.4) is 0 Å². The minimum absolute atomic E-state index is 0.0210. The number of ether oxygens (including phenoxy) is 5. The minimum atomic E-state index is -2.32. The molecule has 0 bridgehead atoms. The van der Waals surface area contributed by atoms with Gasteiger partial charge in [-0.3, -0.25) is 0 Å². The van der Waals surface area contributed by atoms with Crippen molar-refractivity contribution >= 4 is 256 Å². The monoisotopic (exact) mass is 2290 g/mol. The van der Waals surface area contributed by atoms with Gasteiger partial charge in [0.1, 0.15) is 0 Å². The second kappa shape index (κ2) is 63.8. The molecule has 1 rings (SSSR count). The van der Waals surface area contributed by atoms with E-state index in [9.17, 15) is 67.1 Å². The van der Waals surface area contributed by atoms with E-state index >= 15 is 0 Å². The summed E-state index contributed by atoms with van der Waals surface area (Å²) in [5, 5.41) is 16.3. The van der Waals surface area contributed by atoms with Crippen LogP contribution in [-0.4, -0.2) is 303 Å². The Kier molecular flexibility index (Phi) is 63.2. The van der Waals surface area contributed by atoms with Crippen molar-refractivity contribution in [3.63, 3.8) is 0 Å². The third-order valence-corrected chi connectivity index (χ3v) is 39.3. The molecule has 1 heterocycles. The first-order valence-corrected chi connectivity index (χ1v) is 73.8. The van der Waals surface area contributed by atoms with Crippen molar-refractivity contribution in [1.82, 2.24) is 56.9 Å². The number of esters is 2. The number of hydrogen-bond acceptors (Lipinski definition) is 25. The zero-order valence-corrected chi connectivity index (χ0v) is 81.0. The van der Waals surface area contributed by atoms with Gasteiger partial charge >= 0.3 is 664 Å². The van der Waals surface area contributed by atoms with E-state index in [-0.39, 0.29) is 195 Å². The maximum atomic E-state index is 13.6. The van der Waals surface area contributed by atoms with Crippen molar-refractivity contribution in [3.05, 3.63) is 11.1 Å². The molecule has 0 spiro atoms. The average molecular weight is 2290 g/mol. The summed E-state index contributed by atoms with van der Waals surface area (Å²) < 4.78 is 73.0. The van der Waals surface area contributed by atoms with Crippen molar-refractivity contribution in [2.24, 2.45) is 5.92 Å².